The Morgan fingerprint density at radius 3 is 1.96 bits per heavy atom. The summed E-state index contributed by atoms with van der Waals surface area (Å²) >= 11 is 3.97. The molecule has 1 saturated carbocycles. The van der Waals surface area contributed by atoms with E-state index >= 15 is 0 Å². The zero-order valence-corrected chi connectivity index (χ0v) is 20.9. The third-order valence-electron chi connectivity index (χ3n) is 6.25. The van der Waals surface area contributed by atoms with Gasteiger partial charge in [-0.25, -0.2) is 0 Å². The predicted octanol–water partition coefficient (Wildman–Crippen LogP) is 7.15. The van der Waals surface area contributed by atoms with Crippen molar-refractivity contribution in [1.29, 1.82) is 0 Å². The first-order valence-corrected chi connectivity index (χ1v) is 12.2. The molecule has 2 rings (SSSR count). The van der Waals surface area contributed by atoms with Crippen LogP contribution in [0.3, 0.4) is 0 Å². The Labute approximate surface area is 183 Å². The van der Waals surface area contributed by atoms with Crippen LogP contribution in [0.2, 0.25) is 0 Å². The number of benzene rings is 1. The maximum Gasteiger partial charge on any atom is 0.341 e. The first kappa shape index (κ1) is 23.7. The molecule has 1 aliphatic carbocycles. The molecule has 2 nitrogen and oxygen atoms in total. The van der Waals surface area contributed by atoms with Gasteiger partial charge < -0.3 is 9.22 Å². The lowest BCUT2D eigenvalue weighted by atomic mass is 9.75. The molecule has 0 spiro atoms. The van der Waals surface area contributed by atoms with E-state index in [1.54, 1.807) is 0 Å². The first-order chi connectivity index (χ1) is 13.2. The highest BCUT2D eigenvalue weighted by Crippen LogP contribution is 2.46. The van der Waals surface area contributed by atoms with Crippen LogP contribution in [-0.4, -0.2) is 21.6 Å². The molecular formula is C24H36BrO2Si. The zero-order valence-electron chi connectivity index (χ0n) is 18.3. The lowest BCUT2D eigenvalue weighted by molar-refractivity contribution is -0.109. The van der Waals surface area contributed by atoms with Gasteiger partial charge in [-0.05, 0) is 58.8 Å². The minimum absolute atomic E-state index is 0.126. The summed E-state index contributed by atoms with van der Waals surface area (Å²) < 4.78 is 5.74. The molecule has 3 radical (unpaired) electrons. The normalized spacial score (nSPS) is 18.0. The minimum atomic E-state index is -0.126. The van der Waals surface area contributed by atoms with Crippen molar-refractivity contribution < 1.29 is 9.22 Å². The second kappa shape index (κ2) is 10.4. The lowest BCUT2D eigenvalue weighted by Crippen LogP contribution is -2.27. The molecule has 0 bridgehead atoms. The van der Waals surface area contributed by atoms with Crippen LogP contribution in [0.1, 0.15) is 120 Å². The van der Waals surface area contributed by atoms with Crippen LogP contribution < -0.4 is 4.43 Å². The number of halogens is 1. The van der Waals surface area contributed by atoms with E-state index in [1.165, 1.54) is 60.6 Å². The topological polar surface area (TPSA) is 26.3 Å². The fourth-order valence-electron chi connectivity index (χ4n) is 4.85. The Morgan fingerprint density at radius 2 is 1.54 bits per heavy atom. The molecule has 2 unspecified atom stereocenters. The van der Waals surface area contributed by atoms with Crippen molar-refractivity contribution in [2.24, 2.45) is 5.92 Å². The lowest BCUT2D eigenvalue weighted by Gasteiger charge is -2.34. The van der Waals surface area contributed by atoms with Gasteiger partial charge in [-0.2, -0.15) is 0 Å². The number of carbonyl (C=O) groups excluding carboxylic acids is 1. The van der Waals surface area contributed by atoms with Gasteiger partial charge in [0.2, 0.25) is 0 Å². The highest BCUT2D eigenvalue weighted by atomic mass is 79.9. The SMILES string of the molecule is CC(C)c1cc(C(C=O)C(Br)C2CCCCC2)c(C(C)C)c(C(C)C)c1O[Si]. The molecule has 1 fully saturated rings. The van der Waals surface area contributed by atoms with E-state index in [2.05, 4.69) is 74.0 Å². The molecular weight excluding hydrogens is 428 g/mol. The number of alkyl halides is 1. The number of hydrogen-bond donors (Lipinski definition) is 0. The van der Waals surface area contributed by atoms with Crippen LogP contribution in [0.25, 0.3) is 0 Å². The molecule has 4 heteroatoms. The summed E-state index contributed by atoms with van der Waals surface area (Å²) in [5, 5.41) is 0. The summed E-state index contributed by atoms with van der Waals surface area (Å²) in [6.45, 7) is 13.3. The van der Waals surface area contributed by atoms with Crippen LogP contribution in [0.15, 0.2) is 6.07 Å². The van der Waals surface area contributed by atoms with Crippen LogP contribution >= 0.6 is 15.9 Å². The summed E-state index contributed by atoms with van der Waals surface area (Å²) in [4.78, 5) is 12.6. The van der Waals surface area contributed by atoms with E-state index in [0.717, 1.165) is 5.75 Å². The van der Waals surface area contributed by atoms with Gasteiger partial charge in [-0.3, -0.25) is 0 Å². The van der Waals surface area contributed by atoms with E-state index in [-0.39, 0.29) is 10.7 Å². The number of carbonyl (C=O) groups is 1. The molecule has 28 heavy (non-hydrogen) atoms. The summed E-state index contributed by atoms with van der Waals surface area (Å²) in [5.74, 6) is 2.33. The highest BCUT2D eigenvalue weighted by molar-refractivity contribution is 9.09. The van der Waals surface area contributed by atoms with Gasteiger partial charge in [0.25, 0.3) is 0 Å². The molecule has 0 amide bonds. The largest absolute Gasteiger partial charge is 0.540 e. The van der Waals surface area contributed by atoms with Gasteiger partial charge in [0, 0.05) is 4.83 Å². The van der Waals surface area contributed by atoms with Gasteiger partial charge in [0.1, 0.15) is 12.0 Å². The Morgan fingerprint density at radius 1 is 0.964 bits per heavy atom. The van der Waals surface area contributed by atoms with Gasteiger partial charge in [-0.15, -0.1) is 0 Å². The highest BCUT2D eigenvalue weighted by Gasteiger charge is 2.34. The van der Waals surface area contributed by atoms with E-state index in [1.807, 2.05) is 0 Å². The minimum Gasteiger partial charge on any atom is -0.540 e. The maximum absolute atomic E-state index is 12.4. The number of hydrogen-bond acceptors (Lipinski definition) is 2. The van der Waals surface area contributed by atoms with E-state index < -0.39 is 0 Å². The predicted molar refractivity (Wildman–Crippen MR) is 123 cm³/mol. The second-order valence-electron chi connectivity index (χ2n) is 9.28. The van der Waals surface area contributed by atoms with E-state index in [4.69, 9.17) is 4.43 Å². The fraction of sp³-hybridized carbons (Fsp3) is 0.708. The third-order valence-corrected chi connectivity index (χ3v) is 7.77. The van der Waals surface area contributed by atoms with Crippen molar-refractivity contribution in [2.75, 3.05) is 0 Å². The van der Waals surface area contributed by atoms with Crippen molar-refractivity contribution in [3.8, 4) is 5.75 Å². The van der Waals surface area contributed by atoms with Crippen LogP contribution in [0.5, 0.6) is 5.75 Å². The summed E-state index contributed by atoms with van der Waals surface area (Å²) in [6.07, 6.45) is 7.49. The zero-order chi connectivity index (χ0) is 21.0. The van der Waals surface area contributed by atoms with Crippen molar-refractivity contribution in [3.05, 3.63) is 28.3 Å². The molecule has 1 aromatic rings. The average Bonchev–Trinajstić information content (AvgIpc) is 2.67. The Kier molecular flexibility index (Phi) is 8.81. The summed E-state index contributed by atoms with van der Waals surface area (Å²) in [7, 11) is 3.33. The first-order valence-electron chi connectivity index (χ1n) is 10.9. The molecule has 2 atom stereocenters. The summed E-state index contributed by atoms with van der Waals surface area (Å²) in [6, 6.07) is 2.25. The van der Waals surface area contributed by atoms with Gasteiger partial charge in [0.15, 0.2) is 0 Å². The quantitative estimate of drug-likeness (QED) is 0.232. The number of aldehydes is 1. The fourth-order valence-corrected chi connectivity index (χ4v) is 6.01. The average molecular weight is 465 g/mol. The molecule has 0 aromatic heterocycles. The van der Waals surface area contributed by atoms with Crippen molar-refractivity contribution in [3.63, 3.8) is 0 Å². The van der Waals surface area contributed by atoms with Crippen molar-refractivity contribution in [2.45, 2.75) is 102 Å². The van der Waals surface area contributed by atoms with Gasteiger partial charge >= 0.3 is 10.5 Å². The van der Waals surface area contributed by atoms with Crippen molar-refractivity contribution >= 4 is 32.7 Å². The standard InChI is InChI=1S/C24H36BrO2Si/c1-14(2)18-12-19(20(13-26)23(25)17-10-8-7-9-11-17)21(15(3)4)22(16(5)6)24(18)27-28/h12-17,20,23H,7-11H2,1-6H3. The number of rotatable bonds is 8. The summed E-state index contributed by atoms with van der Waals surface area (Å²) in [5.41, 5.74) is 4.89. The Bertz CT molecular complexity index is 663. The molecule has 155 valence electrons. The van der Waals surface area contributed by atoms with Crippen LogP contribution in [-0.2, 0) is 4.79 Å². The molecule has 0 saturated heterocycles. The maximum atomic E-state index is 12.4. The molecule has 1 aromatic carbocycles. The molecule has 0 aliphatic heterocycles. The molecule has 1 aliphatic rings. The monoisotopic (exact) mass is 463 g/mol. The van der Waals surface area contributed by atoms with Crippen LogP contribution in [0.4, 0.5) is 0 Å². The molecule has 0 heterocycles. The van der Waals surface area contributed by atoms with E-state index in [0.29, 0.717) is 23.7 Å². The van der Waals surface area contributed by atoms with Crippen molar-refractivity contribution in [1.82, 2.24) is 0 Å². The smallest absolute Gasteiger partial charge is 0.341 e. The third kappa shape index (κ3) is 4.92. The van der Waals surface area contributed by atoms with Gasteiger partial charge in [0.05, 0.1) is 5.92 Å². The molecule has 0 N–H and O–H groups in total. The Balaban J connectivity index is 2.70. The van der Waals surface area contributed by atoms with Crippen LogP contribution in [0, 0.1) is 5.92 Å². The second-order valence-corrected chi connectivity index (χ2v) is 10.5. The Hall–Kier alpha value is -0.613. The van der Waals surface area contributed by atoms with E-state index in [9.17, 15) is 4.79 Å². The van der Waals surface area contributed by atoms with Gasteiger partial charge in [-0.1, -0.05) is 82.8 Å².